The molecule has 0 aromatic heterocycles. The second-order valence-electron chi connectivity index (χ2n) is 6.44. The molecule has 0 aliphatic carbocycles. The van der Waals surface area contributed by atoms with Crippen LogP contribution >= 0.6 is 0 Å². The fraction of sp³-hybridized carbons (Fsp3) is 0.429. The number of nitrogens with zero attached hydrogens (tertiary/aromatic N) is 1. The van der Waals surface area contributed by atoms with Gasteiger partial charge in [-0.15, -0.1) is 0 Å². The molecule has 0 spiro atoms. The van der Waals surface area contributed by atoms with Gasteiger partial charge in [0.2, 0.25) is 0 Å². The van der Waals surface area contributed by atoms with Gasteiger partial charge in [-0.05, 0) is 61.1 Å². The van der Waals surface area contributed by atoms with Crippen molar-refractivity contribution in [1.29, 1.82) is 0 Å². The molecule has 0 radical (unpaired) electrons. The maximum atomic E-state index is 5.44. The molecular weight excluding hydrogens is 298 g/mol. The van der Waals surface area contributed by atoms with E-state index in [0.29, 0.717) is 0 Å². The minimum Gasteiger partial charge on any atom is -0.493 e. The molecule has 0 bridgehead atoms. The predicted molar refractivity (Wildman–Crippen MR) is 97.9 cm³/mol. The van der Waals surface area contributed by atoms with E-state index in [1.165, 1.54) is 42.5 Å². The Hall–Kier alpha value is -2.00. The van der Waals surface area contributed by atoms with E-state index in [-0.39, 0.29) is 0 Å². The Morgan fingerprint density at radius 1 is 0.917 bits per heavy atom. The highest BCUT2D eigenvalue weighted by Crippen LogP contribution is 2.33. The van der Waals surface area contributed by atoms with Gasteiger partial charge >= 0.3 is 0 Å². The molecule has 0 saturated heterocycles. The molecule has 0 amide bonds. The smallest absolute Gasteiger partial charge is 0.161 e. The van der Waals surface area contributed by atoms with E-state index in [1.807, 2.05) is 0 Å². The number of benzene rings is 2. The molecule has 0 unspecified atom stereocenters. The molecular formula is C21H27NO2. The van der Waals surface area contributed by atoms with Crippen molar-refractivity contribution in [2.24, 2.45) is 0 Å². The van der Waals surface area contributed by atoms with Crippen molar-refractivity contribution in [1.82, 2.24) is 4.90 Å². The van der Waals surface area contributed by atoms with Crippen molar-refractivity contribution >= 4 is 0 Å². The van der Waals surface area contributed by atoms with Gasteiger partial charge in [0, 0.05) is 13.1 Å². The van der Waals surface area contributed by atoms with Crippen LogP contribution in [0.1, 0.15) is 29.5 Å². The number of hydrogen-bond acceptors (Lipinski definition) is 3. The van der Waals surface area contributed by atoms with Crippen molar-refractivity contribution < 1.29 is 9.47 Å². The number of aryl methyl sites for hydroxylation is 1. The van der Waals surface area contributed by atoms with Crippen LogP contribution in [-0.4, -0.2) is 32.2 Å². The monoisotopic (exact) mass is 325 g/mol. The minimum atomic E-state index is 0.835. The number of unbranched alkanes of at least 4 members (excludes halogenated alkanes) is 1. The van der Waals surface area contributed by atoms with Crippen molar-refractivity contribution in [2.75, 3.05) is 27.3 Å². The topological polar surface area (TPSA) is 21.7 Å². The maximum absolute atomic E-state index is 5.44. The van der Waals surface area contributed by atoms with E-state index in [9.17, 15) is 0 Å². The first-order valence-electron chi connectivity index (χ1n) is 8.80. The molecule has 2 aromatic rings. The molecule has 3 heteroatoms. The summed E-state index contributed by atoms with van der Waals surface area (Å²) in [6.07, 6.45) is 4.77. The quantitative estimate of drug-likeness (QED) is 0.716. The van der Waals surface area contributed by atoms with Gasteiger partial charge in [-0.25, -0.2) is 0 Å². The second kappa shape index (κ2) is 8.20. The summed E-state index contributed by atoms with van der Waals surface area (Å²) in [7, 11) is 3.40. The summed E-state index contributed by atoms with van der Waals surface area (Å²) in [6, 6.07) is 15.0. The first kappa shape index (κ1) is 16.8. The van der Waals surface area contributed by atoms with Gasteiger partial charge in [0.1, 0.15) is 0 Å². The first-order valence-corrected chi connectivity index (χ1v) is 8.80. The molecule has 24 heavy (non-hydrogen) atoms. The van der Waals surface area contributed by atoms with Crippen molar-refractivity contribution in [3.63, 3.8) is 0 Å². The Morgan fingerprint density at radius 2 is 1.62 bits per heavy atom. The highest BCUT2D eigenvalue weighted by atomic mass is 16.5. The van der Waals surface area contributed by atoms with Gasteiger partial charge in [-0.1, -0.05) is 30.3 Å². The largest absolute Gasteiger partial charge is 0.493 e. The first-order chi connectivity index (χ1) is 11.8. The fourth-order valence-corrected chi connectivity index (χ4v) is 3.44. The predicted octanol–water partition coefficient (Wildman–Crippen LogP) is 4.08. The van der Waals surface area contributed by atoms with Crippen molar-refractivity contribution in [3.05, 3.63) is 59.2 Å². The molecule has 0 saturated carbocycles. The van der Waals surface area contributed by atoms with Crippen molar-refractivity contribution in [2.45, 2.75) is 32.2 Å². The zero-order valence-corrected chi connectivity index (χ0v) is 14.8. The van der Waals surface area contributed by atoms with Crippen LogP contribution in [0.15, 0.2) is 42.5 Å². The number of rotatable bonds is 7. The zero-order valence-electron chi connectivity index (χ0n) is 14.8. The Morgan fingerprint density at radius 3 is 2.33 bits per heavy atom. The number of ether oxygens (including phenoxy) is 2. The van der Waals surface area contributed by atoms with Crippen LogP contribution in [-0.2, 0) is 19.4 Å². The van der Waals surface area contributed by atoms with Gasteiger partial charge in [0.15, 0.2) is 11.5 Å². The third kappa shape index (κ3) is 4.09. The molecule has 0 N–H and O–H groups in total. The average molecular weight is 325 g/mol. The summed E-state index contributed by atoms with van der Waals surface area (Å²) in [5, 5.41) is 0. The summed E-state index contributed by atoms with van der Waals surface area (Å²) >= 11 is 0. The maximum Gasteiger partial charge on any atom is 0.161 e. The Labute approximate surface area is 145 Å². The summed E-state index contributed by atoms with van der Waals surface area (Å²) < 4.78 is 10.9. The molecule has 1 aliphatic rings. The van der Waals surface area contributed by atoms with E-state index >= 15 is 0 Å². The summed E-state index contributed by atoms with van der Waals surface area (Å²) in [5.74, 6) is 1.68. The molecule has 2 aromatic carbocycles. The van der Waals surface area contributed by atoms with E-state index in [4.69, 9.17) is 9.47 Å². The molecule has 1 aliphatic heterocycles. The summed E-state index contributed by atoms with van der Waals surface area (Å²) in [4.78, 5) is 2.55. The third-order valence-electron chi connectivity index (χ3n) is 4.83. The van der Waals surface area contributed by atoms with Crippen LogP contribution in [0.2, 0.25) is 0 Å². The lowest BCUT2D eigenvalue weighted by molar-refractivity contribution is 0.247. The van der Waals surface area contributed by atoms with Crippen LogP contribution in [0.4, 0.5) is 0 Å². The van der Waals surface area contributed by atoms with Gasteiger partial charge in [-0.3, -0.25) is 4.90 Å². The van der Waals surface area contributed by atoms with Crippen LogP contribution in [0.5, 0.6) is 11.5 Å². The van der Waals surface area contributed by atoms with Crippen molar-refractivity contribution in [3.8, 4) is 11.5 Å². The lowest BCUT2D eigenvalue weighted by Crippen LogP contribution is -2.31. The number of methoxy groups -OCH3 is 2. The van der Waals surface area contributed by atoms with E-state index in [1.54, 1.807) is 14.2 Å². The van der Waals surface area contributed by atoms with Crippen LogP contribution in [0.25, 0.3) is 0 Å². The highest BCUT2D eigenvalue weighted by Gasteiger charge is 2.19. The zero-order chi connectivity index (χ0) is 16.8. The van der Waals surface area contributed by atoms with Gasteiger partial charge in [-0.2, -0.15) is 0 Å². The molecule has 1 heterocycles. The normalized spacial score (nSPS) is 14.2. The number of fused-ring (bicyclic) bond motifs is 1. The van der Waals surface area contributed by atoms with Crippen LogP contribution in [0.3, 0.4) is 0 Å². The van der Waals surface area contributed by atoms with E-state index in [2.05, 4.69) is 47.4 Å². The molecule has 3 rings (SSSR count). The van der Waals surface area contributed by atoms with Gasteiger partial charge < -0.3 is 9.47 Å². The Balaban J connectivity index is 1.51. The molecule has 128 valence electrons. The van der Waals surface area contributed by atoms with Gasteiger partial charge in [0.05, 0.1) is 14.2 Å². The molecule has 3 nitrogen and oxygen atoms in total. The second-order valence-corrected chi connectivity index (χ2v) is 6.44. The lowest BCUT2D eigenvalue weighted by atomic mass is 9.98. The van der Waals surface area contributed by atoms with Gasteiger partial charge in [0.25, 0.3) is 0 Å². The van der Waals surface area contributed by atoms with E-state index < -0.39 is 0 Å². The Bertz CT molecular complexity index is 654. The SMILES string of the molecule is COc1cc2c(cc1OC)CN(CCCCc1ccccc1)CC2. The summed E-state index contributed by atoms with van der Waals surface area (Å²) in [6.45, 7) is 3.31. The van der Waals surface area contributed by atoms with E-state index in [0.717, 1.165) is 31.0 Å². The van der Waals surface area contributed by atoms with Crippen LogP contribution in [0, 0.1) is 0 Å². The molecule has 0 fully saturated rings. The molecule has 0 atom stereocenters. The summed E-state index contributed by atoms with van der Waals surface area (Å²) in [5.41, 5.74) is 4.22. The third-order valence-corrected chi connectivity index (χ3v) is 4.83. The van der Waals surface area contributed by atoms with Crippen LogP contribution < -0.4 is 9.47 Å². The standard InChI is InChI=1S/C21H27NO2/c1-23-20-14-18-11-13-22(16-19(18)15-21(20)24-2)12-7-6-10-17-8-4-3-5-9-17/h3-5,8-9,14-15H,6-7,10-13,16H2,1-2H3. The Kier molecular flexibility index (Phi) is 5.76. The highest BCUT2D eigenvalue weighted by molar-refractivity contribution is 5.48. The average Bonchev–Trinajstić information content (AvgIpc) is 2.64. The number of hydrogen-bond donors (Lipinski definition) is 0. The lowest BCUT2D eigenvalue weighted by Gasteiger charge is -2.29. The fourth-order valence-electron chi connectivity index (χ4n) is 3.44. The minimum absolute atomic E-state index is 0.835.